The van der Waals surface area contributed by atoms with E-state index in [0.717, 1.165) is 18.2 Å². The molecule has 0 heterocycles. The number of nitriles is 1. The van der Waals surface area contributed by atoms with Crippen molar-refractivity contribution in [3.8, 4) is 11.8 Å². The van der Waals surface area contributed by atoms with E-state index in [1.165, 1.54) is 13.2 Å². The monoisotopic (exact) mass is 287 g/mol. The van der Waals surface area contributed by atoms with Gasteiger partial charge in [0.2, 0.25) is 0 Å². The van der Waals surface area contributed by atoms with E-state index in [0.29, 0.717) is 11.3 Å². The Kier molecular flexibility index (Phi) is 4.29. The third kappa shape index (κ3) is 3.06. The van der Waals surface area contributed by atoms with Crippen molar-refractivity contribution in [1.82, 2.24) is 0 Å². The normalized spacial score (nSPS) is 11.5. The van der Waals surface area contributed by atoms with Crippen LogP contribution in [0.4, 0.5) is 8.78 Å². The Morgan fingerprint density at radius 3 is 2.67 bits per heavy atom. The molecule has 106 valence electrons. The molecule has 0 spiro atoms. The average Bonchev–Trinajstić information content (AvgIpc) is 2.50. The molecule has 21 heavy (non-hydrogen) atoms. The summed E-state index contributed by atoms with van der Waals surface area (Å²) in [6.45, 7) is 0. The largest absolute Gasteiger partial charge is 0.497 e. The summed E-state index contributed by atoms with van der Waals surface area (Å²) in [5.41, 5.74) is -0.0742. The van der Waals surface area contributed by atoms with Crippen LogP contribution < -0.4 is 4.74 Å². The van der Waals surface area contributed by atoms with Crippen molar-refractivity contribution in [2.75, 3.05) is 7.11 Å². The molecule has 0 fully saturated rings. The van der Waals surface area contributed by atoms with Gasteiger partial charge >= 0.3 is 0 Å². The molecule has 1 unspecified atom stereocenters. The first-order valence-electron chi connectivity index (χ1n) is 6.09. The number of carbonyl (C=O) groups excluding carboxylic acids is 1. The van der Waals surface area contributed by atoms with Gasteiger partial charge in [-0.1, -0.05) is 12.1 Å². The van der Waals surface area contributed by atoms with Gasteiger partial charge in [-0.05, 0) is 35.9 Å². The van der Waals surface area contributed by atoms with E-state index in [1.807, 2.05) is 6.07 Å². The van der Waals surface area contributed by atoms with Gasteiger partial charge in [0.25, 0.3) is 0 Å². The van der Waals surface area contributed by atoms with Gasteiger partial charge in [-0.15, -0.1) is 0 Å². The maximum absolute atomic E-state index is 13.7. The number of ether oxygens (including phenoxy) is 1. The summed E-state index contributed by atoms with van der Waals surface area (Å²) in [5, 5.41) is 9.21. The summed E-state index contributed by atoms with van der Waals surface area (Å²) < 4.78 is 31.9. The SMILES string of the molecule is COc1cccc(C(C#N)C(=O)c2cc(F)ccc2F)c1. The van der Waals surface area contributed by atoms with Crippen molar-refractivity contribution in [1.29, 1.82) is 5.26 Å². The van der Waals surface area contributed by atoms with Crippen molar-refractivity contribution in [2.24, 2.45) is 0 Å². The molecule has 0 saturated heterocycles. The maximum atomic E-state index is 13.7. The molecule has 0 aliphatic heterocycles. The van der Waals surface area contributed by atoms with Gasteiger partial charge in [0.15, 0.2) is 5.78 Å². The second kappa shape index (κ2) is 6.14. The molecule has 0 aliphatic rings. The van der Waals surface area contributed by atoms with Crippen LogP contribution >= 0.6 is 0 Å². The number of benzene rings is 2. The molecule has 2 aromatic carbocycles. The average molecular weight is 287 g/mol. The zero-order valence-corrected chi connectivity index (χ0v) is 11.1. The van der Waals surface area contributed by atoms with Crippen LogP contribution in [0.25, 0.3) is 0 Å². The van der Waals surface area contributed by atoms with E-state index in [-0.39, 0.29) is 0 Å². The highest BCUT2D eigenvalue weighted by molar-refractivity contribution is 6.03. The molecule has 2 aromatic rings. The molecule has 0 saturated carbocycles. The fraction of sp³-hybridized carbons (Fsp3) is 0.125. The van der Waals surface area contributed by atoms with Crippen molar-refractivity contribution in [3.63, 3.8) is 0 Å². The van der Waals surface area contributed by atoms with E-state index < -0.39 is 28.9 Å². The van der Waals surface area contributed by atoms with Crippen LogP contribution in [-0.4, -0.2) is 12.9 Å². The van der Waals surface area contributed by atoms with Crippen molar-refractivity contribution in [3.05, 3.63) is 65.2 Å². The Morgan fingerprint density at radius 2 is 2.00 bits per heavy atom. The first-order valence-corrected chi connectivity index (χ1v) is 6.09. The number of nitrogens with zero attached hydrogens (tertiary/aromatic N) is 1. The van der Waals surface area contributed by atoms with Crippen LogP contribution in [0, 0.1) is 23.0 Å². The molecule has 0 aromatic heterocycles. The highest BCUT2D eigenvalue weighted by Crippen LogP contribution is 2.25. The predicted molar refractivity (Wildman–Crippen MR) is 72.0 cm³/mol. The number of hydrogen-bond donors (Lipinski definition) is 0. The summed E-state index contributed by atoms with van der Waals surface area (Å²) >= 11 is 0. The minimum absolute atomic E-state index is 0.366. The lowest BCUT2D eigenvalue weighted by Gasteiger charge is -2.10. The van der Waals surface area contributed by atoms with Gasteiger partial charge in [-0.25, -0.2) is 8.78 Å². The summed E-state index contributed by atoms with van der Waals surface area (Å²) in [4.78, 5) is 12.3. The predicted octanol–water partition coefficient (Wildman–Crippen LogP) is 3.46. The van der Waals surface area contributed by atoms with E-state index in [9.17, 15) is 18.8 Å². The molecular formula is C16H11F2NO2. The van der Waals surface area contributed by atoms with Crippen molar-refractivity contribution in [2.45, 2.75) is 5.92 Å². The van der Waals surface area contributed by atoms with E-state index >= 15 is 0 Å². The van der Waals surface area contributed by atoms with Crippen LogP contribution in [0.2, 0.25) is 0 Å². The summed E-state index contributed by atoms with van der Waals surface area (Å²) in [6.07, 6.45) is 0. The van der Waals surface area contributed by atoms with Crippen LogP contribution in [0.1, 0.15) is 21.8 Å². The Balaban J connectivity index is 2.43. The molecule has 1 atom stereocenters. The molecule has 0 N–H and O–H groups in total. The van der Waals surface area contributed by atoms with Crippen molar-refractivity contribution >= 4 is 5.78 Å². The number of methoxy groups -OCH3 is 1. The zero-order valence-electron chi connectivity index (χ0n) is 11.1. The third-order valence-electron chi connectivity index (χ3n) is 3.01. The lowest BCUT2D eigenvalue weighted by Crippen LogP contribution is -2.13. The number of carbonyl (C=O) groups is 1. The number of ketones is 1. The number of rotatable bonds is 4. The smallest absolute Gasteiger partial charge is 0.187 e. The van der Waals surface area contributed by atoms with Gasteiger partial charge in [0.05, 0.1) is 18.7 Å². The van der Waals surface area contributed by atoms with E-state index in [1.54, 1.807) is 18.2 Å². The van der Waals surface area contributed by atoms with E-state index in [4.69, 9.17) is 4.74 Å². The highest BCUT2D eigenvalue weighted by atomic mass is 19.1. The summed E-state index contributed by atoms with van der Waals surface area (Å²) in [6, 6.07) is 10.7. The molecule has 2 rings (SSSR count). The highest BCUT2D eigenvalue weighted by Gasteiger charge is 2.25. The number of halogens is 2. The Hall–Kier alpha value is -2.74. The van der Waals surface area contributed by atoms with Crippen molar-refractivity contribution < 1.29 is 18.3 Å². The molecular weight excluding hydrogens is 276 g/mol. The maximum Gasteiger partial charge on any atom is 0.187 e. The second-order valence-electron chi connectivity index (χ2n) is 4.33. The standard InChI is InChI=1S/C16H11F2NO2/c1-21-12-4-2-3-10(7-12)14(9-19)16(20)13-8-11(17)5-6-15(13)18/h2-8,14H,1H3. The van der Waals surface area contributed by atoms with Gasteiger partial charge in [-0.3, -0.25) is 4.79 Å². The second-order valence-corrected chi connectivity index (χ2v) is 4.33. The van der Waals surface area contributed by atoms with Gasteiger partial charge < -0.3 is 4.74 Å². The van der Waals surface area contributed by atoms with Crippen LogP contribution in [0.3, 0.4) is 0 Å². The lowest BCUT2D eigenvalue weighted by atomic mass is 9.91. The Labute approximate surface area is 120 Å². The van der Waals surface area contributed by atoms with E-state index in [2.05, 4.69) is 0 Å². The summed E-state index contributed by atoms with van der Waals surface area (Å²) in [5.74, 6) is -3.13. The third-order valence-corrected chi connectivity index (χ3v) is 3.01. The van der Waals surface area contributed by atoms with Crippen LogP contribution in [0.15, 0.2) is 42.5 Å². The summed E-state index contributed by atoms with van der Waals surface area (Å²) in [7, 11) is 1.45. The zero-order chi connectivity index (χ0) is 15.4. The molecule has 0 aliphatic carbocycles. The molecule has 0 amide bonds. The number of Topliss-reactive ketones (excluding diaryl/α,β-unsaturated/α-hetero) is 1. The quantitative estimate of drug-likeness (QED) is 0.809. The number of hydrogen-bond acceptors (Lipinski definition) is 3. The topological polar surface area (TPSA) is 50.1 Å². The Bertz CT molecular complexity index is 722. The Morgan fingerprint density at radius 1 is 1.24 bits per heavy atom. The van der Waals surface area contributed by atoms with Crippen LogP contribution in [-0.2, 0) is 0 Å². The minimum Gasteiger partial charge on any atom is -0.497 e. The molecule has 0 bridgehead atoms. The first-order chi connectivity index (χ1) is 10.1. The minimum atomic E-state index is -1.23. The molecule has 5 heteroatoms. The lowest BCUT2D eigenvalue weighted by molar-refractivity contribution is 0.0974. The fourth-order valence-electron chi connectivity index (χ4n) is 1.95. The first kappa shape index (κ1) is 14.7. The molecule has 0 radical (unpaired) electrons. The molecule has 3 nitrogen and oxygen atoms in total. The fourth-order valence-corrected chi connectivity index (χ4v) is 1.95. The van der Waals surface area contributed by atoms with Gasteiger partial charge in [-0.2, -0.15) is 5.26 Å². The van der Waals surface area contributed by atoms with Gasteiger partial charge in [0, 0.05) is 0 Å². The van der Waals surface area contributed by atoms with Gasteiger partial charge in [0.1, 0.15) is 23.3 Å². The van der Waals surface area contributed by atoms with Crippen LogP contribution in [0.5, 0.6) is 5.75 Å².